The smallest absolute Gasteiger partial charge is 0.0516 e. The molecule has 0 fully saturated rings. The molecule has 13 heavy (non-hydrogen) atoms. The van der Waals surface area contributed by atoms with Gasteiger partial charge >= 0.3 is 0 Å². The van der Waals surface area contributed by atoms with Gasteiger partial charge in [-0.3, -0.25) is 0 Å². The first kappa shape index (κ1) is 10.0. The van der Waals surface area contributed by atoms with Crippen LogP contribution < -0.4 is 0 Å². The zero-order valence-corrected chi connectivity index (χ0v) is 8.20. The average molecular weight is 176 g/mol. The molecule has 0 spiro atoms. The van der Waals surface area contributed by atoms with Gasteiger partial charge < -0.3 is 5.11 Å². The van der Waals surface area contributed by atoms with Gasteiger partial charge in [0.2, 0.25) is 0 Å². The van der Waals surface area contributed by atoms with Crippen molar-refractivity contribution in [2.75, 3.05) is 6.61 Å². The molecule has 0 aliphatic carbocycles. The number of hydrogen-bond acceptors (Lipinski definition) is 1. The van der Waals surface area contributed by atoms with E-state index in [1.54, 1.807) is 0 Å². The Morgan fingerprint density at radius 3 is 2.38 bits per heavy atom. The van der Waals surface area contributed by atoms with E-state index in [0.717, 1.165) is 0 Å². The molecule has 1 aromatic carbocycles. The fourth-order valence-electron chi connectivity index (χ4n) is 0.939. The van der Waals surface area contributed by atoms with Crippen LogP contribution in [-0.4, -0.2) is 11.7 Å². The Balaban J connectivity index is 2.69. The molecule has 0 aliphatic heterocycles. The van der Waals surface area contributed by atoms with E-state index in [4.69, 9.17) is 5.11 Å². The summed E-state index contributed by atoms with van der Waals surface area (Å²) >= 11 is 0. The van der Waals surface area contributed by atoms with Gasteiger partial charge in [0.15, 0.2) is 0 Å². The first-order chi connectivity index (χ1) is 6.14. The zero-order valence-electron chi connectivity index (χ0n) is 8.20. The molecule has 0 aliphatic rings. The summed E-state index contributed by atoms with van der Waals surface area (Å²) in [6.07, 6.45) is 4.07. The van der Waals surface area contributed by atoms with Gasteiger partial charge in [-0.2, -0.15) is 0 Å². The maximum atomic E-state index is 9.02. The number of aliphatic hydroxyl groups excluding tert-OH is 1. The van der Waals surface area contributed by atoms with Crippen LogP contribution in [-0.2, 0) is 0 Å². The highest BCUT2D eigenvalue weighted by Gasteiger charge is 2.10. The van der Waals surface area contributed by atoms with Crippen molar-refractivity contribution in [2.24, 2.45) is 5.41 Å². The molecule has 0 saturated carbocycles. The van der Waals surface area contributed by atoms with Crippen LogP contribution in [0.15, 0.2) is 36.4 Å². The highest BCUT2D eigenvalue weighted by molar-refractivity contribution is 5.49. The van der Waals surface area contributed by atoms with Gasteiger partial charge in [0.1, 0.15) is 0 Å². The fourth-order valence-corrected chi connectivity index (χ4v) is 0.939. The average Bonchev–Trinajstić information content (AvgIpc) is 2.17. The summed E-state index contributed by atoms with van der Waals surface area (Å²) in [6, 6.07) is 10.1. The first-order valence-corrected chi connectivity index (χ1v) is 4.49. The quantitative estimate of drug-likeness (QED) is 0.750. The normalized spacial score (nSPS) is 12.2. The van der Waals surface area contributed by atoms with Crippen LogP contribution in [0.25, 0.3) is 6.08 Å². The molecule has 0 unspecified atom stereocenters. The van der Waals surface area contributed by atoms with E-state index < -0.39 is 0 Å². The van der Waals surface area contributed by atoms with E-state index in [0.29, 0.717) is 0 Å². The standard InChI is InChI=1S/C12H16O/c1-12(2,10-13)9-8-11-6-4-3-5-7-11/h3-9,13H,10H2,1-2H3/b9-8+. The van der Waals surface area contributed by atoms with Crippen molar-refractivity contribution in [1.82, 2.24) is 0 Å². The van der Waals surface area contributed by atoms with Gasteiger partial charge in [-0.15, -0.1) is 0 Å². The summed E-state index contributed by atoms with van der Waals surface area (Å²) in [4.78, 5) is 0. The van der Waals surface area contributed by atoms with Crippen molar-refractivity contribution < 1.29 is 5.11 Å². The predicted molar refractivity (Wildman–Crippen MR) is 56.3 cm³/mol. The molecule has 0 atom stereocenters. The third-order valence-corrected chi connectivity index (χ3v) is 1.93. The van der Waals surface area contributed by atoms with Crippen LogP contribution in [0.4, 0.5) is 0 Å². The third kappa shape index (κ3) is 3.43. The lowest BCUT2D eigenvalue weighted by molar-refractivity contribution is 0.200. The van der Waals surface area contributed by atoms with Crippen molar-refractivity contribution in [1.29, 1.82) is 0 Å². The van der Waals surface area contributed by atoms with E-state index >= 15 is 0 Å². The molecule has 1 N–H and O–H groups in total. The van der Waals surface area contributed by atoms with Crippen LogP contribution in [0.1, 0.15) is 19.4 Å². The SMILES string of the molecule is CC(C)(/C=C/c1ccccc1)CO. The first-order valence-electron chi connectivity index (χ1n) is 4.49. The van der Waals surface area contributed by atoms with E-state index in [1.807, 2.05) is 56.3 Å². The molecule has 1 rings (SSSR count). The van der Waals surface area contributed by atoms with Crippen molar-refractivity contribution in [3.05, 3.63) is 42.0 Å². The zero-order chi connectivity index (χ0) is 9.73. The molecule has 0 radical (unpaired) electrons. The molecule has 0 heterocycles. The summed E-state index contributed by atoms with van der Waals surface area (Å²) in [5, 5.41) is 9.02. The summed E-state index contributed by atoms with van der Waals surface area (Å²) in [5.41, 5.74) is 1.04. The Labute approximate surface area is 79.7 Å². The Morgan fingerprint density at radius 1 is 1.23 bits per heavy atom. The minimum absolute atomic E-state index is 0.129. The Kier molecular flexibility index (Phi) is 3.26. The molecule has 0 bridgehead atoms. The lowest BCUT2D eigenvalue weighted by Crippen LogP contribution is -2.12. The van der Waals surface area contributed by atoms with Crippen LogP contribution in [0, 0.1) is 5.41 Å². The van der Waals surface area contributed by atoms with Crippen LogP contribution in [0.2, 0.25) is 0 Å². The molecule has 0 amide bonds. The lowest BCUT2D eigenvalue weighted by Gasteiger charge is -2.15. The van der Waals surface area contributed by atoms with E-state index in [9.17, 15) is 0 Å². The summed E-state index contributed by atoms with van der Waals surface area (Å²) in [7, 11) is 0. The van der Waals surface area contributed by atoms with Gasteiger partial charge in [0, 0.05) is 5.41 Å². The molecular formula is C12H16O. The minimum Gasteiger partial charge on any atom is -0.395 e. The van der Waals surface area contributed by atoms with E-state index in [2.05, 4.69) is 0 Å². The number of rotatable bonds is 3. The molecule has 0 aromatic heterocycles. The van der Waals surface area contributed by atoms with Gasteiger partial charge in [0.05, 0.1) is 6.61 Å². The van der Waals surface area contributed by atoms with Crippen LogP contribution in [0.5, 0.6) is 0 Å². The lowest BCUT2D eigenvalue weighted by atomic mass is 9.93. The number of aliphatic hydroxyl groups is 1. The largest absolute Gasteiger partial charge is 0.395 e. The van der Waals surface area contributed by atoms with Crippen molar-refractivity contribution in [2.45, 2.75) is 13.8 Å². The molecule has 1 heteroatoms. The number of hydrogen-bond donors (Lipinski definition) is 1. The van der Waals surface area contributed by atoms with Crippen molar-refractivity contribution >= 4 is 6.08 Å². The van der Waals surface area contributed by atoms with E-state index in [-0.39, 0.29) is 12.0 Å². The maximum Gasteiger partial charge on any atom is 0.0516 e. The second-order valence-corrected chi connectivity index (χ2v) is 3.89. The molecule has 70 valence electrons. The van der Waals surface area contributed by atoms with Gasteiger partial charge in [-0.05, 0) is 5.56 Å². The minimum atomic E-state index is -0.129. The third-order valence-electron chi connectivity index (χ3n) is 1.93. The Morgan fingerprint density at radius 2 is 1.85 bits per heavy atom. The van der Waals surface area contributed by atoms with Crippen LogP contribution >= 0.6 is 0 Å². The Bertz CT molecular complexity index is 272. The molecule has 1 aromatic rings. The maximum absolute atomic E-state index is 9.02. The molecule has 1 nitrogen and oxygen atoms in total. The van der Waals surface area contributed by atoms with E-state index in [1.165, 1.54) is 5.56 Å². The second kappa shape index (κ2) is 4.24. The van der Waals surface area contributed by atoms with Gasteiger partial charge in [-0.1, -0.05) is 56.3 Å². The van der Waals surface area contributed by atoms with Crippen molar-refractivity contribution in [3.8, 4) is 0 Å². The Hall–Kier alpha value is -1.08. The second-order valence-electron chi connectivity index (χ2n) is 3.89. The summed E-state index contributed by atoms with van der Waals surface area (Å²) in [6.45, 7) is 4.19. The van der Waals surface area contributed by atoms with Crippen molar-refractivity contribution in [3.63, 3.8) is 0 Å². The number of benzene rings is 1. The summed E-state index contributed by atoms with van der Waals surface area (Å²) in [5.74, 6) is 0. The summed E-state index contributed by atoms with van der Waals surface area (Å²) < 4.78 is 0. The monoisotopic (exact) mass is 176 g/mol. The topological polar surface area (TPSA) is 20.2 Å². The van der Waals surface area contributed by atoms with Gasteiger partial charge in [-0.25, -0.2) is 0 Å². The van der Waals surface area contributed by atoms with Crippen LogP contribution in [0.3, 0.4) is 0 Å². The highest BCUT2D eigenvalue weighted by atomic mass is 16.3. The fraction of sp³-hybridized carbons (Fsp3) is 0.333. The molecular weight excluding hydrogens is 160 g/mol. The molecule has 0 saturated heterocycles. The predicted octanol–water partition coefficient (Wildman–Crippen LogP) is 2.72. The highest BCUT2D eigenvalue weighted by Crippen LogP contribution is 2.17. The van der Waals surface area contributed by atoms with Gasteiger partial charge in [0.25, 0.3) is 0 Å².